The molecule has 0 spiro atoms. The zero-order chi connectivity index (χ0) is 12.3. The molecule has 1 aliphatic rings. The molecule has 1 aliphatic heterocycles. The van der Waals surface area contributed by atoms with Crippen LogP contribution in [-0.2, 0) is 11.2 Å². The number of anilines is 1. The van der Waals surface area contributed by atoms with Crippen LogP contribution >= 0.6 is 0 Å². The lowest BCUT2D eigenvalue weighted by Gasteiger charge is -2.23. The quantitative estimate of drug-likeness (QED) is 0.847. The summed E-state index contributed by atoms with van der Waals surface area (Å²) in [5.74, 6) is -0.205. The van der Waals surface area contributed by atoms with E-state index >= 15 is 0 Å². The average molecular weight is 239 g/mol. The predicted octanol–water partition coefficient (Wildman–Crippen LogP) is 1.59. The van der Waals surface area contributed by atoms with Crippen molar-refractivity contribution in [2.24, 2.45) is 0 Å². The summed E-state index contributed by atoms with van der Waals surface area (Å²) in [5, 5.41) is 9.77. The lowest BCUT2D eigenvalue weighted by atomic mass is 10.1. The van der Waals surface area contributed by atoms with Gasteiger partial charge in [0.2, 0.25) is 0 Å². The van der Waals surface area contributed by atoms with Crippen LogP contribution in [0.2, 0.25) is 0 Å². The van der Waals surface area contributed by atoms with Gasteiger partial charge >= 0.3 is 0 Å². The number of aliphatic hydroxyl groups is 1. The Kier molecular flexibility index (Phi) is 3.97. The van der Waals surface area contributed by atoms with Crippen molar-refractivity contribution in [1.82, 2.24) is 0 Å². The number of rotatable bonds is 5. The molecule has 1 heterocycles. The number of hydrogen-bond donors (Lipinski definition) is 1. The minimum atomic E-state index is -0.569. The molecular formula is C13H18FNO2. The highest BCUT2D eigenvalue weighted by atomic mass is 19.1. The number of aliphatic hydroxyl groups excluding tert-OH is 1. The highest BCUT2D eigenvalue weighted by Crippen LogP contribution is 2.30. The predicted molar refractivity (Wildman–Crippen MR) is 64.8 cm³/mol. The van der Waals surface area contributed by atoms with E-state index in [0.29, 0.717) is 25.4 Å². The lowest BCUT2D eigenvalue weighted by molar-refractivity contribution is 0.0465. The second-order valence-electron chi connectivity index (χ2n) is 4.26. The standard InChI is InChI=1S/C13H18FNO2/c1-2-17-9-11(16)8-15-7-6-10-4-3-5-12(14)13(10)15/h3-5,11,16H,2,6-9H2,1H3/t11-/m0/s1. The van der Waals surface area contributed by atoms with Gasteiger partial charge in [-0.25, -0.2) is 4.39 Å². The van der Waals surface area contributed by atoms with E-state index in [9.17, 15) is 9.50 Å². The largest absolute Gasteiger partial charge is 0.389 e. The van der Waals surface area contributed by atoms with Gasteiger partial charge in [0, 0.05) is 19.7 Å². The molecule has 94 valence electrons. The fourth-order valence-electron chi connectivity index (χ4n) is 2.23. The second-order valence-corrected chi connectivity index (χ2v) is 4.26. The number of para-hydroxylation sites is 1. The maximum atomic E-state index is 13.7. The zero-order valence-corrected chi connectivity index (χ0v) is 10.0. The second kappa shape index (κ2) is 5.47. The molecule has 1 N–H and O–H groups in total. The summed E-state index contributed by atoms with van der Waals surface area (Å²) in [6.07, 6.45) is 0.273. The van der Waals surface area contributed by atoms with E-state index in [-0.39, 0.29) is 5.82 Å². The average Bonchev–Trinajstić information content (AvgIpc) is 2.71. The minimum absolute atomic E-state index is 0.205. The molecule has 17 heavy (non-hydrogen) atoms. The Labute approximate surface area is 101 Å². The number of halogens is 1. The molecule has 0 aromatic heterocycles. The van der Waals surface area contributed by atoms with Crippen LogP contribution in [0.25, 0.3) is 0 Å². The molecule has 1 aromatic rings. The lowest BCUT2D eigenvalue weighted by Crippen LogP contribution is -2.34. The monoisotopic (exact) mass is 239 g/mol. The van der Waals surface area contributed by atoms with Crippen molar-refractivity contribution in [1.29, 1.82) is 0 Å². The van der Waals surface area contributed by atoms with Crippen molar-refractivity contribution in [2.45, 2.75) is 19.4 Å². The van der Waals surface area contributed by atoms with Gasteiger partial charge in [-0.2, -0.15) is 0 Å². The van der Waals surface area contributed by atoms with Crippen LogP contribution in [0.15, 0.2) is 18.2 Å². The summed E-state index contributed by atoms with van der Waals surface area (Å²) >= 11 is 0. The Hall–Kier alpha value is -1.13. The zero-order valence-electron chi connectivity index (χ0n) is 10.0. The number of benzene rings is 1. The molecule has 0 bridgehead atoms. The van der Waals surface area contributed by atoms with Crippen molar-refractivity contribution in [2.75, 3.05) is 31.2 Å². The van der Waals surface area contributed by atoms with Gasteiger partial charge in [0.15, 0.2) is 0 Å². The van der Waals surface area contributed by atoms with Crippen molar-refractivity contribution in [3.63, 3.8) is 0 Å². The van der Waals surface area contributed by atoms with Crippen LogP contribution in [0.4, 0.5) is 10.1 Å². The molecule has 1 aromatic carbocycles. The van der Waals surface area contributed by atoms with Crippen LogP contribution in [0.3, 0.4) is 0 Å². The minimum Gasteiger partial charge on any atom is -0.389 e. The van der Waals surface area contributed by atoms with Crippen molar-refractivity contribution in [3.05, 3.63) is 29.6 Å². The Morgan fingerprint density at radius 1 is 1.53 bits per heavy atom. The SMILES string of the molecule is CCOC[C@@H](O)CN1CCc2cccc(F)c21. The Morgan fingerprint density at radius 2 is 2.35 bits per heavy atom. The van der Waals surface area contributed by atoms with E-state index in [1.54, 1.807) is 6.07 Å². The molecule has 0 aliphatic carbocycles. The fourth-order valence-corrected chi connectivity index (χ4v) is 2.23. The number of fused-ring (bicyclic) bond motifs is 1. The fraction of sp³-hybridized carbons (Fsp3) is 0.538. The number of nitrogens with zero attached hydrogens (tertiary/aromatic N) is 1. The molecular weight excluding hydrogens is 221 g/mol. The molecule has 0 saturated carbocycles. The molecule has 2 rings (SSSR count). The third kappa shape index (κ3) is 2.76. The van der Waals surface area contributed by atoms with Gasteiger partial charge in [-0.3, -0.25) is 0 Å². The Balaban J connectivity index is 2.02. The van der Waals surface area contributed by atoms with Gasteiger partial charge in [0.1, 0.15) is 5.82 Å². The number of β-amino-alcohol motifs (C(OH)–C–C–N with tert-alkyl or cyclic N) is 1. The molecule has 4 heteroatoms. The number of hydrogen-bond acceptors (Lipinski definition) is 3. The third-order valence-corrected chi connectivity index (χ3v) is 2.98. The Bertz CT molecular complexity index is 384. The number of ether oxygens (including phenoxy) is 1. The van der Waals surface area contributed by atoms with Crippen LogP contribution in [0, 0.1) is 5.82 Å². The van der Waals surface area contributed by atoms with Crippen LogP contribution in [-0.4, -0.2) is 37.5 Å². The maximum Gasteiger partial charge on any atom is 0.146 e. The third-order valence-electron chi connectivity index (χ3n) is 2.98. The molecule has 0 amide bonds. The Morgan fingerprint density at radius 3 is 3.12 bits per heavy atom. The van der Waals surface area contributed by atoms with E-state index in [1.165, 1.54) is 6.07 Å². The molecule has 0 unspecified atom stereocenters. The van der Waals surface area contributed by atoms with Gasteiger partial charge in [0.05, 0.1) is 18.4 Å². The summed E-state index contributed by atoms with van der Waals surface area (Å²) in [6.45, 7) is 3.96. The van der Waals surface area contributed by atoms with Crippen LogP contribution in [0.5, 0.6) is 0 Å². The van der Waals surface area contributed by atoms with Gasteiger partial charge in [0.25, 0.3) is 0 Å². The topological polar surface area (TPSA) is 32.7 Å². The van der Waals surface area contributed by atoms with Gasteiger partial charge in [-0.05, 0) is 25.0 Å². The summed E-state index contributed by atoms with van der Waals surface area (Å²) in [4.78, 5) is 1.90. The first kappa shape index (κ1) is 12.3. The normalized spacial score (nSPS) is 16.1. The maximum absolute atomic E-state index is 13.7. The van der Waals surface area contributed by atoms with E-state index in [0.717, 1.165) is 18.5 Å². The molecule has 0 radical (unpaired) electrons. The van der Waals surface area contributed by atoms with E-state index in [4.69, 9.17) is 4.74 Å². The van der Waals surface area contributed by atoms with E-state index in [1.807, 2.05) is 17.9 Å². The van der Waals surface area contributed by atoms with Gasteiger partial charge in [-0.15, -0.1) is 0 Å². The highest BCUT2D eigenvalue weighted by molar-refractivity contribution is 5.59. The first-order chi connectivity index (χ1) is 8.22. The van der Waals surface area contributed by atoms with Crippen molar-refractivity contribution in [3.8, 4) is 0 Å². The molecule has 3 nitrogen and oxygen atoms in total. The molecule has 0 fully saturated rings. The van der Waals surface area contributed by atoms with Gasteiger partial charge < -0.3 is 14.7 Å². The summed E-state index contributed by atoms with van der Waals surface area (Å²) in [5.41, 5.74) is 1.66. The summed E-state index contributed by atoms with van der Waals surface area (Å²) in [7, 11) is 0. The van der Waals surface area contributed by atoms with Crippen molar-refractivity contribution >= 4 is 5.69 Å². The van der Waals surface area contributed by atoms with Gasteiger partial charge in [-0.1, -0.05) is 12.1 Å². The van der Waals surface area contributed by atoms with Crippen LogP contribution < -0.4 is 4.90 Å². The summed E-state index contributed by atoms with van der Waals surface area (Å²) < 4.78 is 18.8. The van der Waals surface area contributed by atoms with E-state index < -0.39 is 6.10 Å². The van der Waals surface area contributed by atoms with Crippen molar-refractivity contribution < 1.29 is 14.2 Å². The first-order valence-electron chi connectivity index (χ1n) is 6.00. The smallest absolute Gasteiger partial charge is 0.146 e. The summed E-state index contributed by atoms with van der Waals surface area (Å²) in [6, 6.07) is 5.13. The molecule has 0 saturated heterocycles. The van der Waals surface area contributed by atoms with Crippen LogP contribution in [0.1, 0.15) is 12.5 Å². The first-order valence-corrected chi connectivity index (χ1v) is 6.00. The molecule has 1 atom stereocenters. The van der Waals surface area contributed by atoms with E-state index in [2.05, 4.69) is 0 Å². The highest BCUT2D eigenvalue weighted by Gasteiger charge is 2.24.